The first-order valence-electron chi connectivity index (χ1n) is 11.2. The highest BCUT2D eigenvalue weighted by Gasteiger charge is 2.18. The minimum absolute atomic E-state index is 0.0348. The SMILES string of the molecule is C=C(CCC)CNC(=O)CCc1nnc(C)n1-c1ccc(P)cc1C(=N)c1ccc(C)cc1. The fourth-order valence-corrected chi connectivity index (χ4v) is 3.95. The Balaban J connectivity index is 1.85. The van der Waals surface area contributed by atoms with Crippen LogP contribution in [0.15, 0.2) is 54.6 Å². The van der Waals surface area contributed by atoms with Crippen LogP contribution in [0.4, 0.5) is 0 Å². The molecule has 0 fully saturated rings. The molecule has 0 bridgehead atoms. The molecular weight excluding hydrogens is 429 g/mol. The van der Waals surface area contributed by atoms with Gasteiger partial charge in [-0.15, -0.1) is 19.4 Å². The second-order valence-corrected chi connectivity index (χ2v) is 8.96. The van der Waals surface area contributed by atoms with Crippen molar-refractivity contribution in [3.63, 3.8) is 0 Å². The van der Waals surface area contributed by atoms with Crippen LogP contribution < -0.4 is 10.6 Å². The molecule has 0 saturated heterocycles. The first-order chi connectivity index (χ1) is 15.8. The number of carbonyl (C=O) groups excluding carboxylic acids is 1. The minimum Gasteiger partial charge on any atom is -0.352 e. The molecule has 1 amide bonds. The molecule has 0 saturated carbocycles. The summed E-state index contributed by atoms with van der Waals surface area (Å²) in [7, 11) is 2.70. The summed E-state index contributed by atoms with van der Waals surface area (Å²) in [6.45, 7) is 10.5. The number of hydrogen-bond donors (Lipinski definition) is 2. The van der Waals surface area contributed by atoms with Crippen LogP contribution in [0.1, 0.15) is 54.5 Å². The smallest absolute Gasteiger partial charge is 0.220 e. The number of hydrogen-bond acceptors (Lipinski definition) is 4. The fraction of sp³-hybridized carbons (Fsp3) is 0.308. The molecule has 0 radical (unpaired) electrons. The first kappa shape index (κ1) is 24.5. The van der Waals surface area contributed by atoms with Crippen molar-refractivity contribution in [2.24, 2.45) is 0 Å². The number of aromatic nitrogens is 3. The molecule has 3 aromatic rings. The Morgan fingerprint density at radius 1 is 1.12 bits per heavy atom. The van der Waals surface area contributed by atoms with Gasteiger partial charge in [0.05, 0.1) is 11.4 Å². The summed E-state index contributed by atoms with van der Waals surface area (Å²) in [5, 5.41) is 21.4. The van der Waals surface area contributed by atoms with Gasteiger partial charge in [-0.3, -0.25) is 14.8 Å². The maximum Gasteiger partial charge on any atom is 0.220 e. The van der Waals surface area contributed by atoms with Crippen LogP contribution in [0.5, 0.6) is 0 Å². The topological polar surface area (TPSA) is 83.7 Å². The van der Waals surface area contributed by atoms with Crippen molar-refractivity contribution < 1.29 is 4.79 Å². The van der Waals surface area contributed by atoms with E-state index in [0.29, 0.717) is 30.9 Å². The number of amides is 1. The van der Waals surface area contributed by atoms with E-state index < -0.39 is 0 Å². The van der Waals surface area contributed by atoms with Crippen molar-refractivity contribution in [2.75, 3.05) is 6.54 Å². The van der Waals surface area contributed by atoms with Gasteiger partial charge < -0.3 is 5.32 Å². The third kappa shape index (κ3) is 6.23. The monoisotopic (exact) mass is 461 g/mol. The van der Waals surface area contributed by atoms with E-state index in [1.807, 2.05) is 60.9 Å². The molecule has 172 valence electrons. The van der Waals surface area contributed by atoms with Crippen molar-refractivity contribution in [3.8, 4) is 5.69 Å². The largest absolute Gasteiger partial charge is 0.352 e. The number of carbonyl (C=O) groups is 1. The molecule has 1 unspecified atom stereocenters. The summed E-state index contributed by atoms with van der Waals surface area (Å²) < 4.78 is 1.95. The predicted octanol–water partition coefficient (Wildman–Crippen LogP) is 4.21. The zero-order valence-corrected chi connectivity index (χ0v) is 20.8. The highest BCUT2D eigenvalue weighted by molar-refractivity contribution is 7.27. The molecule has 3 rings (SSSR count). The lowest BCUT2D eigenvalue weighted by atomic mass is 9.99. The summed E-state index contributed by atoms with van der Waals surface area (Å²) in [6, 6.07) is 13.9. The molecule has 7 heteroatoms. The summed E-state index contributed by atoms with van der Waals surface area (Å²) in [4.78, 5) is 12.4. The first-order valence-corrected chi connectivity index (χ1v) is 11.8. The minimum atomic E-state index is -0.0348. The standard InChI is InChI=1S/C26H32N5OP/c1-5-6-18(3)16-28-25(32)14-13-24-30-29-19(4)31(24)23-12-11-21(33)15-22(23)26(27)20-9-7-17(2)8-10-20/h7-12,15,27H,3,5-6,13-14,16,33H2,1-2,4H3,(H,28,32). The molecule has 1 atom stereocenters. The van der Waals surface area contributed by atoms with Crippen molar-refractivity contribution in [1.82, 2.24) is 20.1 Å². The number of aryl methyl sites for hydroxylation is 3. The Bertz CT molecular complexity index is 1160. The summed E-state index contributed by atoms with van der Waals surface area (Å²) >= 11 is 0. The molecule has 0 aliphatic heterocycles. The molecule has 6 nitrogen and oxygen atoms in total. The van der Waals surface area contributed by atoms with E-state index in [1.165, 1.54) is 0 Å². The van der Waals surface area contributed by atoms with E-state index in [-0.39, 0.29) is 5.91 Å². The van der Waals surface area contributed by atoms with E-state index in [0.717, 1.165) is 51.9 Å². The van der Waals surface area contributed by atoms with Crippen LogP contribution in [0.25, 0.3) is 5.69 Å². The van der Waals surface area contributed by atoms with Gasteiger partial charge in [0.25, 0.3) is 0 Å². The quantitative estimate of drug-likeness (QED) is 0.270. The van der Waals surface area contributed by atoms with Crippen LogP contribution in [0.2, 0.25) is 0 Å². The predicted molar refractivity (Wildman–Crippen MR) is 138 cm³/mol. The molecule has 1 heterocycles. The summed E-state index contributed by atoms with van der Waals surface area (Å²) in [5.41, 5.74) is 5.08. The zero-order valence-electron chi connectivity index (χ0n) is 19.6. The number of benzene rings is 2. The zero-order chi connectivity index (χ0) is 24.0. The van der Waals surface area contributed by atoms with Crippen molar-refractivity contribution in [3.05, 3.63) is 83.0 Å². The third-order valence-electron chi connectivity index (χ3n) is 5.48. The third-order valence-corrected chi connectivity index (χ3v) is 5.84. The van der Waals surface area contributed by atoms with Crippen LogP contribution in [0, 0.1) is 19.3 Å². The second kappa shape index (κ2) is 11.2. The molecule has 2 aromatic carbocycles. The van der Waals surface area contributed by atoms with Crippen LogP contribution in [0.3, 0.4) is 0 Å². The van der Waals surface area contributed by atoms with E-state index in [9.17, 15) is 4.79 Å². The van der Waals surface area contributed by atoms with E-state index in [1.54, 1.807) is 0 Å². The average Bonchev–Trinajstić information content (AvgIpc) is 3.16. The van der Waals surface area contributed by atoms with Gasteiger partial charge in [0.1, 0.15) is 11.6 Å². The highest BCUT2D eigenvalue weighted by Crippen LogP contribution is 2.22. The van der Waals surface area contributed by atoms with Gasteiger partial charge in [-0.05, 0) is 37.7 Å². The molecule has 0 aliphatic carbocycles. The van der Waals surface area contributed by atoms with Crippen LogP contribution in [-0.4, -0.2) is 32.9 Å². The fourth-order valence-electron chi connectivity index (χ4n) is 3.69. The van der Waals surface area contributed by atoms with Gasteiger partial charge in [-0.1, -0.05) is 61.4 Å². The van der Waals surface area contributed by atoms with Crippen molar-refractivity contribution >= 4 is 26.2 Å². The summed E-state index contributed by atoms with van der Waals surface area (Å²) in [5.74, 6) is 1.38. The van der Waals surface area contributed by atoms with Crippen molar-refractivity contribution in [1.29, 1.82) is 5.41 Å². The van der Waals surface area contributed by atoms with E-state index in [4.69, 9.17) is 5.41 Å². The van der Waals surface area contributed by atoms with Gasteiger partial charge in [-0.2, -0.15) is 0 Å². The molecular formula is C26H32N5OP. The Hall–Kier alpha value is -3.11. The highest BCUT2D eigenvalue weighted by atomic mass is 31.0. The normalized spacial score (nSPS) is 10.8. The Kier molecular flexibility index (Phi) is 8.29. The van der Waals surface area contributed by atoms with Crippen molar-refractivity contribution in [2.45, 2.75) is 46.5 Å². The molecule has 1 aromatic heterocycles. The van der Waals surface area contributed by atoms with Gasteiger partial charge >= 0.3 is 0 Å². The lowest BCUT2D eigenvalue weighted by Gasteiger charge is -2.16. The Morgan fingerprint density at radius 2 is 1.85 bits per heavy atom. The van der Waals surface area contributed by atoms with Gasteiger partial charge in [0.15, 0.2) is 0 Å². The van der Waals surface area contributed by atoms with Crippen LogP contribution in [-0.2, 0) is 11.2 Å². The number of rotatable bonds is 10. The summed E-state index contributed by atoms with van der Waals surface area (Å²) in [6.07, 6.45) is 2.69. The molecule has 33 heavy (non-hydrogen) atoms. The lowest BCUT2D eigenvalue weighted by molar-refractivity contribution is -0.120. The lowest BCUT2D eigenvalue weighted by Crippen LogP contribution is -2.26. The molecule has 0 aliphatic rings. The molecule has 0 spiro atoms. The molecule has 2 N–H and O–H groups in total. The van der Waals surface area contributed by atoms with Crippen LogP contribution >= 0.6 is 9.24 Å². The van der Waals surface area contributed by atoms with Gasteiger partial charge in [-0.25, -0.2) is 0 Å². The Labute approximate surface area is 198 Å². The number of nitrogens with zero attached hydrogens (tertiary/aromatic N) is 3. The maximum absolute atomic E-state index is 12.4. The van der Waals surface area contributed by atoms with E-state index >= 15 is 0 Å². The number of nitrogens with one attached hydrogen (secondary N) is 2. The van der Waals surface area contributed by atoms with Gasteiger partial charge in [0.2, 0.25) is 5.91 Å². The second-order valence-electron chi connectivity index (χ2n) is 8.29. The van der Waals surface area contributed by atoms with E-state index in [2.05, 4.69) is 38.3 Å². The average molecular weight is 462 g/mol. The van der Waals surface area contributed by atoms with Gasteiger partial charge in [0, 0.05) is 30.5 Å². The Morgan fingerprint density at radius 3 is 2.55 bits per heavy atom. The maximum atomic E-state index is 12.4.